The summed E-state index contributed by atoms with van der Waals surface area (Å²) in [6, 6.07) is 17.5. The molecule has 0 spiro atoms. The SMILES string of the molecule is CCNC(=NCCCSc1ccccc1)NCCc1ccc(S(C)(=O)=O)cc1. The molecule has 0 heterocycles. The molecule has 0 amide bonds. The van der Waals surface area contributed by atoms with Crippen LogP contribution in [0.1, 0.15) is 18.9 Å². The van der Waals surface area contributed by atoms with Crippen molar-refractivity contribution in [3.63, 3.8) is 0 Å². The summed E-state index contributed by atoms with van der Waals surface area (Å²) in [6.07, 6.45) is 3.04. The molecule has 0 aliphatic carbocycles. The van der Waals surface area contributed by atoms with Gasteiger partial charge in [-0.25, -0.2) is 8.42 Å². The number of nitrogens with zero attached hydrogens (tertiary/aromatic N) is 1. The number of thioether (sulfide) groups is 1. The van der Waals surface area contributed by atoms with E-state index in [0.717, 1.165) is 49.8 Å². The third-order valence-electron chi connectivity index (χ3n) is 3.99. The first kappa shape index (κ1) is 22.3. The van der Waals surface area contributed by atoms with Gasteiger partial charge in [0.2, 0.25) is 0 Å². The van der Waals surface area contributed by atoms with Crippen LogP contribution in [0.3, 0.4) is 0 Å². The lowest BCUT2D eigenvalue weighted by atomic mass is 10.1. The molecule has 2 aromatic rings. The molecule has 0 saturated heterocycles. The van der Waals surface area contributed by atoms with Gasteiger partial charge in [0.15, 0.2) is 15.8 Å². The molecule has 0 unspecified atom stereocenters. The van der Waals surface area contributed by atoms with E-state index in [1.54, 1.807) is 12.1 Å². The summed E-state index contributed by atoms with van der Waals surface area (Å²) in [5, 5.41) is 6.60. The summed E-state index contributed by atoms with van der Waals surface area (Å²) >= 11 is 1.85. The van der Waals surface area contributed by atoms with Crippen LogP contribution in [0, 0.1) is 0 Å². The van der Waals surface area contributed by atoms with Gasteiger partial charge in [0, 0.05) is 30.8 Å². The monoisotopic (exact) mass is 419 g/mol. The zero-order chi connectivity index (χ0) is 20.2. The van der Waals surface area contributed by atoms with Gasteiger partial charge in [-0.15, -0.1) is 11.8 Å². The molecular formula is C21H29N3O2S2. The van der Waals surface area contributed by atoms with Crippen LogP contribution in [-0.2, 0) is 16.3 Å². The Balaban J connectivity index is 1.73. The normalized spacial score (nSPS) is 12.0. The number of guanidine groups is 1. The van der Waals surface area contributed by atoms with Crippen molar-refractivity contribution in [3.8, 4) is 0 Å². The molecule has 152 valence electrons. The Kier molecular flexibility index (Phi) is 9.37. The van der Waals surface area contributed by atoms with Gasteiger partial charge in [0.1, 0.15) is 0 Å². The third kappa shape index (κ3) is 8.35. The molecule has 2 N–H and O–H groups in total. The molecular weight excluding hydrogens is 390 g/mol. The highest BCUT2D eigenvalue weighted by atomic mass is 32.2. The summed E-state index contributed by atoms with van der Waals surface area (Å²) in [4.78, 5) is 6.27. The maximum absolute atomic E-state index is 11.5. The number of hydrogen-bond donors (Lipinski definition) is 2. The van der Waals surface area contributed by atoms with Crippen LogP contribution in [-0.4, -0.2) is 46.0 Å². The molecule has 5 nitrogen and oxygen atoms in total. The second-order valence-electron chi connectivity index (χ2n) is 6.37. The minimum absolute atomic E-state index is 0.354. The average Bonchev–Trinajstić information content (AvgIpc) is 2.68. The van der Waals surface area contributed by atoms with Crippen molar-refractivity contribution in [1.29, 1.82) is 0 Å². The summed E-state index contributed by atoms with van der Waals surface area (Å²) in [6.45, 7) is 4.38. The molecule has 0 bridgehead atoms. The van der Waals surface area contributed by atoms with Crippen molar-refractivity contribution in [2.24, 2.45) is 4.99 Å². The molecule has 2 rings (SSSR count). The van der Waals surface area contributed by atoms with Crippen LogP contribution >= 0.6 is 11.8 Å². The summed E-state index contributed by atoms with van der Waals surface area (Å²) in [5.74, 6) is 1.86. The molecule has 28 heavy (non-hydrogen) atoms. The quantitative estimate of drug-likeness (QED) is 0.267. The average molecular weight is 420 g/mol. The minimum atomic E-state index is -3.14. The van der Waals surface area contributed by atoms with Gasteiger partial charge in [-0.2, -0.15) is 0 Å². The van der Waals surface area contributed by atoms with Crippen molar-refractivity contribution < 1.29 is 8.42 Å². The first-order valence-electron chi connectivity index (χ1n) is 9.48. The fraction of sp³-hybridized carbons (Fsp3) is 0.381. The first-order valence-corrected chi connectivity index (χ1v) is 12.4. The Morgan fingerprint density at radius 3 is 2.39 bits per heavy atom. The van der Waals surface area contributed by atoms with Crippen molar-refractivity contribution in [3.05, 3.63) is 60.2 Å². The van der Waals surface area contributed by atoms with E-state index in [1.165, 1.54) is 11.2 Å². The van der Waals surface area contributed by atoms with Crippen molar-refractivity contribution in [2.75, 3.05) is 31.6 Å². The lowest BCUT2D eigenvalue weighted by Gasteiger charge is -2.11. The predicted octanol–water partition coefficient (Wildman–Crippen LogP) is 3.37. The van der Waals surface area contributed by atoms with E-state index in [9.17, 15) is 8.42 Å². The Bertz CT molecular complexity index is 836. The van der Waals surface area contributed by atoms with Crippen LogP contribution in [0.15, 0.2) is 69.4 Å². The van der Waals surface area contributed by atoms with E-state index in [0.29, 0.717) is 4.90 Å². The molecule has 0 aliphatic rings. The largest absolute Gasteiger partial charge is 0.357 e. The number of hydrogen-bond acceptors (Lipinski definition) is 4. The van der Waals surface area contributed by atoms with Gasteiger partial charge >= 0.3 is 0 Å². The van der Waals surface area contributed by atoms with Crippen LogP contribution in [0.25, 0.3) is 0 Å². The van der Waals surface area contributed by atoms with Crippen molar-refractivity contribution in [1.82, 2.24) is 10.6 Å². The van der Waals surface area contributed by atoms with E-state index in [2.05, 4.69) is 39.9 Å². The molecule has 2 aromatic carbocycles. The fourth-order valence-electron chi connectivity index (χ4n) is 2.53. The van der Waals surface area contributed by atoms with Gasteiger partial charge < -0.3 is 10.6 Å². The predicted molar refractivity (Wildman–Crippen MR) is 119 cm³/mol. The van der Waals surface area contributed by atoms with Crippen molar-refractivity contribution in [2.45, 2.75) is 29.6 Å². The molecule has 7 heteroatoms. The van der Waals surface area contributed by atoms with Gasteiger partial charge in [-0.3, -0.25) is 4.99 Å². The summed E-state index contributed by atoms with van der Waals surface area (Å²) in [7, 11) is -3.14. The molecule has 0 saturated carbocycles. The van der Waals surface area contributed by atoms with Crippen LogP contribution in [0.2, 0.25) is 0 Å². The van der Waals surface area contributed by atoms with E-state index < -0.39 is 9.84 Å². The number of benzene rings is 2. The molecule has 0 aliphatic heterocycles. The maximum Gasteiger partial charge on any atom is 0.191 e. The number of aliphatic imine (C=N–C) groups is 1. The minimum Gasteiger partial charge on any atom is -0.357 e. The van der Waals surface area contributed by atoms with E-state index in [-0.39, 0.29) is 0 Å². The topological polar surface area (TPSA) is 70.6 Å². The molecule has 0 radical (unpaired) electrons. The lowest BCUT2D eigenvalue weighted by Crippen LogP contribution is -2.38. The second kappa shape index (κ2) is 11.8. The van der Waals surface area contributed by atoms with Gasteiger partial charge in [0.05, 0.1) is 4.90 Å². The number of rotatable bonds is 10. The third-order valence-corrected chi connectivity index (χ3v) is 6.21. The van der Waals surface area contributed by atoms with Crippen LogP contribution in [0.5, 0.6) is 0 Å². The van der Waals surface area contributed by atoms with Crippen LogP contribution < -0.4 is 10.6 Å². The van der Waals surface area contributed by atoms with Gasteiger partial charge in [0.25, 0.3) is 0 Å². The Labute approximate surface area is 173 Å². The first-order chi connectivity index (χ1) is 13.5. The highest BCUT2D eigenvalue weighted by Crippen LogP contribution is 2.17. The van der Waals surface area contributed by atoms with E-state index >= 15 is 0 Å². The molecule has 0 fully saturated rings. The Morgan fingerprint density at radius 1 is 1.04 bits per heavy atom. The standard InChI is InChI=1S/C21H29N3O2S2/c1-3-22-21(23-15-7-17-27-19-8-5-4-6-9-19)24-16-14-18-10-12-20(13-11-18)28(2,25)26/h4-6,8-13H,3,7,14-17H2,1-2H3,(H2,22,23,24). The summed E-state index contributed by atoms with van der Waals surface area (Å²) < 4.78 is 23.0. The summed E-state index contributed by atoms with van der Waals surface area (Å²) in [5.41, 5.74) is 1.09. The smallest absolute Gasteiger partial charge is 0.191 e. The highest BCUT2D eigenvalue weighted by molar-refractivity contribution is 7.99. The molecule has 0 aromatic heterocycles. The van der Waals surface area contributed by atoms with E-state index in [4.69, 9.17) is 0 Å². The Hall–Kier alpha value is -1.99. The fourth-order valence-corrected chi connectivity index (χ4v) is 4.02. The van der Waals surface area contributed by atoms with Crippen LogP contribution in [0.4, 0.5) is 0 Å². The van der Waals surface area contributed by atoms with E-state index in [1.807, 2.05) is 36.9 Å². The Morgan fingerprint density at radius 2 is 1.75 bits per heavy atom. The second-order valence-corrected chi connectivity index (χ2v) is 9.55. The maximum atomic E-state index is 11.5. The highest BCUT2D eigenvalue weighted by Gasteiger charge is 2.06. The van der Waals surface area contributed by atoms with Gasteiger partial charge in [-0.05, 0) is 55.3 Å². The van der Waals surface area contributed by atoms with Gasteiger partial charge in [-0.1, -0.05) is 30.3 Å². The number of nitrogens with one attached hydrogen (secondary N) is 2. The molecule has 0 atom stereocenters. The zero-order valence-electron chi connectivity index (χ0n) is 16.5. The van der Waals surface area contributed by atoms with Crippen molar-refractivity contribution >= 4 is 27.6 Å². The lowest BCUT2D eigenvalue weighted by molar-refractivity contribution is 0.602. The zero-order valence-corrected chi connectivity index (χ0v) is 18.2. The number of sulfone groups is 1.